The van der Waals surface area contributed by atoms with Gasteiger partial charge in [-0.1, -0.05) is 0 Å². The van der Waals surface area contributed by atoms with Crippen LogP contribution in [0.25, 0.3) is 10.2 Å². The molecule has 3 rings (SSSR count). The topological polar surface area (TPSA) is 77.8 Å². The third-order valence-electron chi connectivity index (χ3n) is 3.10. The van der Waals surface area contributed by atoms with Crippen LogP contribution < -0.4 is 11.5 Å². The van der Waals surface area contributed by atoms with Crippen molar-refractivity contribution in [2.75, 3.05) is 5.73 Å². The Kier molecular flexibility index (Phi) is 2.93. The fourth-order valence-corrected chi connectivity index (χ4v) is 2.85. The van der Waals surface area contributed by atoms with E-state index in [1.165, 1.54) is 0 Å². The van der Waals surface area contributed by atoms with Crippen LogP contribution in [-0.2, 0) is 0 Å². The Morgan fingerprint density at radius 3 is 2.89 bits per heavy atom. The fourth-order valence-electron chi connectivity index (χ4n) is 2.06. The van der Waals surface area contributed by atoms with Crippen LogP contribution in [0, 0.1) is 6.92 Å². The molecule has 0 amide bonds. The minimum Gasteiger partial charge on any atom is -0.383 e. The van der Waals surface area contributed by atoms with Gasteiger partial charge in [-0.2, -0.15) is 0 Å². The zero-order chi connectivity index (χ0) is 13.4. The lowest BCUT2D eigenvalue weighted by molar-refractivity contribution is 0.861. The molecule has 0 radical (unpaired) electrons. The molecule has 5 heteroatoms. The zero-order valence-corrected chi connectivity index (χ0v) is 11.3. The van der Waals surface area contributed by atoms with Crippen molar-refractivity contribution in [2.24, 2.45) is 5.73 Å². The molecule has 0 aromatic carbocycles. The lowest BCUT2D eigenvalue weighted by atomic mass is 10.0. The first kappa shape index (κ1) is 12.1. The van der Waals surface area contributed by atoms with Crippen molar-refractivity contribution in [1.29, 1.82) is 0 Å². The number of hydrogen-bond donors (Lipinski definition) is 2. The first-order valence-electron chi connectivity index (χ1n) is 5.96. The normalized spacial score (nSPS) is 12.7. The Bertz CT molecular complexity index is 735. The minimum atomic E-state index is -0.300. The largest absolute Gasteiger partial charge is 0.383 e. The summed E-state index contributed by atoms with van der Waals surface area (Å²) in [4.78, 5) is 8.57. The third kappa shape index (κ3) is 2.18. The molecule has 3 heterocycles. The standard InChI is InChI=1S/C14H14N4S/c1-8-4-10(14(16)18-6-8)13(15)9-5-12-11(17-7-9)2-3-19-12/h2-7,13H,15H2,1H3,(H2,16,18). The van der Waals surface area contributed by atoms with Crippen LogP contribution in [0.2, 0.25) is 0 Å². The summed E-state index contributed by atoms with van der Waals surface area (Å²) in [6.45, 7) is 1.98. The van der Waals surface area contributed by atoms with Gasteiger partial charge in [-0.05, 0) is 41.6 Å². The van der Waals surface area contributed by atoms with Crippen molar-refractivity contribution >= 4 is 27.4 Å². The van der Waals surface area contributed by atoms with E-state index in [2.05, 4.69) is 16.0 Å². The Morgan fingerprint density at radius 2 is 2.05 bits per heavy atom. The second-order valence-electron chi connectivity index (χ2n) is 4.54. The Hall–Kier alpha value is -1.98. The molecule has 4 N–H and O–H groups in total. The van der Waals surface area contributed by atoms with E-state index in [0.29, 0.717) is 5.82 Å². The number of hydrogen-bond acceptors (Lipinski definition) is 5. The number of pyridine rings is 2. The summed E-state index contributed by atoms with van der Waals surface area (Å²) >= 11 is 1.66. The Balaban J connectivity index is 2.07. The van der Waals surface area contributed by atoms with Crippen molar-refractivity contribution in [1.82, 2.24) is 9.97 Å². The molecule has 0 saturated heterocycles. The molecule has 0 fully saturated rings. The van der Waals surface area contributed by atoms with Crippen LogP contribution >= 0.6 is 11.3 Å². The molecule has 1 unspecified atom stereocenters. The first-order chi connectivity index (χ1) is 9.15. The maximum absolute atomic E-state index is 6.29. The molecule has 3 aromatic heterocycles. The summed E-state index contributed by atoms with van der Waals surface area (Å²) in [6, 6.07) is 5.74. The van der Waals surface area contributed by atoms with Gasteiger partial charge in [-0.3, -0.25) is 4.98 Å². The molecule has 1 atom stereocenters. The number of thiophene rings is 1. The van der Waals surface area contributed by atoms with Crippen molar-refractivity contribution in [3.8, 4) is 0 Å². The molecular weight excluding hydrogens is 256 g/mol. The molecule has 0 aliphatic rings. The zero-order valence-electron chi connectivity index (χ0n) is 10.5. The lowest BCUT2D eigenvalue weighted by Gasteiger charge is -2.14. The number of anilines is 1. The molecule has 96 valence electrons. The van der Waals surface area contributed by atoms with E-state index in [1.807, 2.05) is 30.6 Å². The highest BCUT2D eigenvalue weighted by molar-refractivity contribution is 7.17. The fraction of sp³-hybridized carbons (Fsp3) is 0.143. The molecule has 0 bridgehead atoms. The minimum absolute atomic E-state index is 0.300. The van der Waals surface area contributed by atoms with E-state index in [9.17, 15) is 0 Å². The van der Waals surface area contributed by atoms with Crippen molar-refractivity contribution in [3.05, 3.63) is 52.7 Å². The van der Waals surface area contributed by atoms with Gasteiger partial charge in [0, 0.05) is 18.0 Å². The van der Waals surface area contributed by atoms with Crippen LogP contribution in [0.5, 0.6) is 0 Å². The van der Waals surface area contributed by atoms with Gasteiger partial charge in [0.2, 0.25) is 0 Å². The van der Waals surface area contributed by atoms with E-state index >= 15 is 0 Å². The van der Waals surface area contributed by atoms with Crippen LogP contribution in [0.1, 0.15) is 22.7 Å². The van der Waals surface area contributed by atoms with Crippen LogP contribution in [0.3, 0.4) is 0 Å². The van der Waals surface area contributed by atoms with Gasteiger partial charge in [-0.25, -0.2) is 4.98 Å². The lowest BCUT2D eigenvalue weighted by Crippen LogP contribution is -2.15. The van der Waals surface area contributed by atoms with Crippen molar-refractivity contribution in [2.45, 2.75) is 13.0 Å². The highest BCUT2D eigenvalue weighted by atomic mass is 32.1. The summed E-state index contributed by atoms with van der Waals surface area (Å²) in [5.74, 6) is 0.476. The van der Waals surface area contributed by atoms with E-state index in [4.69, 9.17) is 11.5 Å². The SMILES string of the molecule is Cc1cnc(N)c(C(N)c2cnc3ccsc3c2)c1. The average Bonchev–Trinajstić information content (AvgIpc) is 2.88. The van der Waals surface area contributed by atoms with Crippen LogP contribution in [0.15, 0.2) is 36.0 Å². The first-order valence-corrected chi connectivity index (χ1v) is 6.84. The van der Waals surface area contributed by atoms with Crippen LogP contribution in [0.4, 0.5) is 5.82 Å². The van der Waals surface area contributed by atoms with Gasteiger partial charge in [0.05, 0.1) is 16.3 Å². The maximum atomic E-state index is 6.29. The number of fused-ring (bicyclic) bond motifs is 1. The summed E-state index contributed by atoms with van der Waals surface area (Å²) in [5, 5.41) is 2.02. The average molecular weight is 270 g/mol. The number of aryl methyl sites for hydroxylation is 1. The molecule has 0 aliphatic carbocycles. The number of nitrogen functional groups attached to an aromatic ring is 1. The summed E-state index contributed by atoms with van der Waals surface area (Å²) in [6.07, 6.45) is 3.55. The molecule has 4 nitrogen and oxygen atoms in total. The molecular formula is C14H14N4S. The van der Waals surface area contributed by atoms with Gasteiger partial charge in [-0.15, -0.1) is 11.3 Å². The predicted molar refractivity (Wildman–Crippen MR) is 79.0 cm³/mol. The quantitative estimate of drug-likeness (QED) is 0.750. The molecule has 3 aromatic rings. The van der Waals surface area contributed by atoms with E-state index in [1.54, 1.807) is 17.5 Å². The second kappa shape index (κ2) is 4.60. The van der Waals surface area contributed by atoms with E-state index in [-0.39, 0.29) is 6.04 Å². The summed E-state index contributed by atoms with van der Waals surface area (Å²) in [5.41, 5.74) is 16.0. The van der Waals surface area contributed by atoms with Gasteiger partial charge in [0.1, 0.15) is 5.82 Å². The number of aromatic nitrogens is 2. The number of nitrogens with two attached hydrogens (primary N) is 2. The molecule has 19 heavy (non-hydrogen) atoms. The third-order valence-corrected chi connectivity index (χ3v) is 3.96. The monoisotopic (exact) mass is 270 g/mol. The highest BCUT2D eigenvalue weighted by Gasteiger charge is 2.14. The van der Waals surface area contributed by atoms with Crippen LogP contribution in [-0.4, -0.2) is 9.97 Å². The van der Waals surface area contributed by atoms with Gasteiger partial charge < -0.3 is 11.5 Å². The number of nitrogens with zero attached hydrogens (tertiary/aromatic N) is 2. The van der Waals surface area contributed by atoms with Gasteiger partial charge >= 0.3 is 0 Å². The Labute approximate surface area is 115 Å². The van der Waals surface area contributed by atoms with Gasteiger partial charge in [0.15, 0.2) is 0 Å². The number of rotatable bonds is 2. The van der Waals surface area contributed by atoms with Gasteiger partial charge in [0.25, 0.3) is 0 Å². The molecule has 0 saturated carbocycles. The smallest absolute Gasteiger partial charge is 0.128 e. The second-order valence-corrected chi connectivity index (χ2v) is 5.49. The summed E-state index contributed by atoms with van der Waals surface area (Å²) < 4.78 is 1.13. The maximum Gasteiger partial charge on any atom is 0.128 e. The Morgan fingerprint density at radius 1 is 1.21 bits per heavy atom. The van der Waals surface area contributed by atoms with E-state index in [0.717, 1.165) is 26.9 Å². The van der Waals surface area contributed by atoms with E-state index < -0.39 is 0 Å². The molecule has 0 spiro atoms. The van der Waals surface area contributed by atoms with Crippen molar-refractivity contribution < 1.29 is 0 Å². The predicted octanol–water partition coefficient (Wildman–Crippen LogP) is 2.63. The highest BCUT2D eigenvalue weighted by Crippen LogP contribution is 2.27. The molecule has 0 aliphatic heterocycles. The van der Waals surface area contributed by atoms with Crippen molar-refractivity contribution in [3.63, 3.8) is 0 Å². The summed E-state index contributed by atoms with van der Waals surface area (Å²) in [7, 11) is 0.